The molecular formula is C12H24O3. The van der Waals surface area contributed by atoms with Gasteiger partial charge in [-0.1, -0.05) is 13.3 Å². The lowest BCUT2D eigenvalue weighted by Crippen LogP contribution is -2.40. The van der Waals surface area contributed by atoms with Crippen LogP contribution in [0.3, 0.4) is 0 Å². The van der Waals surface area contributed by atoms with Gasteiger partial charge in [0.2, 0.25) is 5.79 Å². The van der Waals surface area contributed by atoms with E-state index in [9.17, 15) is 0 Å². The Kier molecular flexibility index (Phi) is 4.56. The Morgan fingerprint density at radius 2 is 1.73 bits per heavy atom. The van der Waals surface area contributed by atoms with E-state index in [4.69, 9.17) is 14.5 Å². The van der Waals surface area contributed by atoms with Crippen molar-refractivity contribution in [3.8, 4) is 0 Å². The van der Waals surface area contributed by atoms with Crippen molar-refractivity contribution in [3.05, 3.63) is 0 Å². The quantitative estimate of drug-likeness (QED) is 0.400. The first-order valence-electron chi connectivity index (χ1n) is 5.96. The predicted octanol–water partition coefficient (Wildman–Crippen LogP) is 3.43. The van der Waals surface area contributed by atoms with Gasteiger partial charge in [0.1, 0.15) is 0 Å². The van der Waals surface area contributed by atoms with Crippen LogP contribution in [0.5, 0.6) is 0 Å². The molecule has 0 aliphatic heterocycles. The third kappa shape index (κ3) is 3.74. The molecule has 1 aliphatic rings. The van der Waals surface area contributed by atoms with Crippen molar-refractivity contribution >= 4 is 0 Å². The van der Waals surface area contributed by atoms with Crippen LogP contribution >= 0.6 is 0 Å². The molecule has 0 N–H and O–H groups in total. The molecule has 0 atom stereocenters. The highest BCUT2D eigenvalue weighted by Crippen LogP contribution is 2.33. The van der Waals surface area contributed by atoms with Gasteiger partial charge in [0, 0.05) is 20.0 Å². The summed E-state index contributed by atoms with van der Waals surface area (Å²) in [7, 11) is 1.70. The molecule has 0 saturated heterocycles. The van der Waals surface area contributed by atoms with E-state index < -0.39 is 5.79 Å². The van der Waals surface area contributed by atoms with Crippen LogP contribution in [0.2, 0.25) is 0 Å². The van der Waals surface area contributed by atoms with E-state index >= 15 is 0 Å². The van der Waals surface area contributed by atoms with Crippen molar-refractivity contribution in [2.24, 2.45) is 0 Å². The molecule has 15 heavy (non-hydrogen) atoms. The molecule has 0 amide bonds. The molecule has 0 aromatic heterocycles. The van der Waals surface area contributed by atoms with Crippen LogP contribution in [0, 0.1) is 0 Å². The van der Waals surface area contributed by atoms with Gasteiger partial charge in [-0.05, 0) is 33.1 Å². The molecule has 0 heterocycles. The Morgan fingerprint density at radius 1 is 1.13 bits per heavy atom. The minimum Gasteiger partial charge on any atom is -0.351 e. The van der Waals surface area contributed by atoms with Gasteiger partial charge in [-0.25, -0.2) is 9.78 Å². The summed E-state index contributed by atoms with van der Waals surface area (Å²) >= 11 is 0. The molecular weight excluding hydrogens is 192 g/mol. The second kappa shape index (κ2) is 5.28. The minimum absolute atomic E-state index is 0.233. The van der Waals surface area contributed by atoms with Crippen LogP contribution in [0.4, 0.5) is 0 Å². The van der Waals surface area contributed by atoms with Gasteiger partial charge in [-0.3, -0.25) is 0 Å². The van der Waals surface area contributed by atoms with Crippen molar-refractivity contribution in [1.82, 2.24) is 0 Å². The molecule has 0 aromatic rings. The van der Waals surface area contributed by atoms with E-state index in [0.29, 0.717) is 0 Å². The summed E-state index contributed by atoms with van der Waals surface area (Å²) in [5.74, 6) is -0.495. The van der Waals surface area contributed by atoms with Crippen molar-refractivity contribution in [2.75, 3.05) is 7.11 Å². The van der Waals surface area contributed by atoms with Gasteiger partial charge >= 0.3 is 0 Å². The molecule has 1 rings (SSSR count). The van der Waals surface area contributed by atoms with E-state index in [0.717, 1.165) is 32.1 Å². The number of hydrogen-bond acceptors (Lipinski definition) is 3. The highest BCUT2D eigenvalue weighted by atomic mass is 17.2. The van der Waals surface area contributed by atoms with Gasteiger partial charge in [0.05, 0.1) is 5.60 Å². The molecule has 0 aromatic carbocycles. The fraction of sp³-hybridized carbons (Fsp3) is 1.00. The number of rotatable bonds is 5. The molecule has 1 aliphatic carbocycles. The van der Waals surface area contributed by atoms with Gasteiger partial charge in [0.15, 0.2) is 0 Å². The van der Waals surface area contributed by atoms with Gasteiger partial charge < -0.3 is 4.74 Å². The van der Waals surface area contributed by atoms with E-state index in [1.807, 2.05) is 13.8 Å². The number of ether oxygens (including phenoxy) is 1. The maximum absolute atomic E-state index is 5.55. The zero-order valence-corrected chi connectivity index (χ0v) is 10.5. The van der Waals surface area contributed by atoms with E-state index in [1.165, 1.54) is 6.42 Å². The SMILES string of the molecule is CCC(C)(C)OOC1(OC)CCCCC1. The van der Waals surface area contributed by atoms with E-state index in [-0.39, 0.29) is 5.60 Å². The largest absolute Gasteiger partial charge is 0.351 e. The maximum Gasteiger partial charge on any atom is 0.201 e. The molecule has 0 radical (unpaired) electrons. The summed E-state index contributed by atoms with van der Waals surface area (Å²) in [4.78, 5) is 11.0. The van der Waals surface area contributed by atoms with Crippen molar-refractivity contribution in [2.45, 2.75) is 70.7 Å². The second-order valence-electron chi connectivity index (χ2n) is 4.96. The first kappa shape index (κ1) is 12.9. The molecule has 0 spiro atoms. The highest BCUT2D eigenvalue weighted by Gasteiger charge is 2.36. The molecule has 1 fully saturated rings. The lowest BCUT2D eigenvalue weighted by Gasteiger charge is -2.36. The van der Waals surface area contributed by atoms with Gasteiger partial charge in [-0.2, -0.15) is 0 Å². The smallest absolute Gasteiger partial charge is 0.201 e. The number of hydrogen-bond donors (Lipinski definition) is 0. The lowest BCUT2D eigenvalue weighted by molar-refractivity contribution is -0.463. The highest BCUT2D eigenvalue weighted by molar-refractivity contribution is 4.74. The molecule has 0 unspecified atom stereocenters. The summed E-state index contributed by atoms with van der Waals surface area (Å²) in [5.41, 5.74) is -0.233. The Balaban J connectivity index is 2.45. The first-order valence-corrected chi connectivity index (χ1v) is 5.96. The Hall–Kier alpha value is -0.120. The average molecular weight is 216 g/mol. The van der Waals surface area contributed by atoms with Gasteiger partial charge in [-0.15, -0.1) is 0 Å². The number of methoxy groups -OCH3 is 1. The van der Waals surface area contributed by atoms with Crippen LogP contribution < -0.4 is 0 Å². The van der Waals surface area contributed by atoms with Crippen LogP contribution in [0.15, 0.2) is 0 Å². The summed E-state index contributed by atoms with van der Waals surface area (Å²) < 4.78 is 5.47. The minimum atomic E-state index is -0.495. The van der Waals surface area contributed by atoms with Crippen LogP contribution in [-0.4, -0.2) is 18.5 Å². The standard InChI is InChI=1S/C12H24O3/c1-5-11(2,3)14-15-12(13-4)9-7-6-8-10-12/h5-10H2,1-4H3. The summed E-state index contributed by atoms with van der Waals surface area (Å²) in [5, 5.41) is 0. The molecule has 3 heteroatoms. The zero-order chi connectivity index (χ0) is 11.4. The maximum atomic E-state index is 5.55. The third-order valence-corrected chi connectivity index (χ3v) is 3.26. The van der Waals surface area contributed by atoms with Crippen molar-refractivity contribution < 1.29 is 14.5 Å². The fourth-order valence-corrected chi connectivity index (χ4v) is 1.66. The summed E-state index contributed by atoms with van der Waals surface area (Å²) in [6.45, 7) is 6.14. The molecule has 0 bridgehead atoms. The second-order valence-corrected chi connectivity index (χ2v) is 4.96. The topological polar surface area (TPSA) is 27.7 Å². The monoisotopic (exact) mass is 216 g/mol. The Bertz CT molecular complexity index is 183. The van der Waals surface area contributed by atoms with Crippen LogP contribution in [0.25, 0.3) is 0 Å². The van der Waals surface area contributed by atoms with Crippen molar-refractivity contribution in [1.29, 1.82) is 0 Å². The normalized spacial score (nSPS) is 21.6. The predicted molar refractivity (Wildman–Crippen MR) is 59.4 cm³/mol. The van der Waals surface area contributed by atoms with E-state index in [1.54, 1.807) is 7.11 Å². The van der Waals surface area contributed by atoms with Gasteiger partial charge in [0.25, 0.3) is 0 Å². The van der Waals surface area contributed by atoms with E-state index in [2.05, 4.69) is 6.92 Å². The van der Waals surface area contributed by atoms with Crippen LogP contribution in [0.1, 0.15) is 59.3 Å². The third-order valence-electron chi connectivity index (χ3n) is 3.26. The molecule has 90 valence electrons. The fourth-order valence-electron chi connectivity index (χ4n) is 1.66. The summed E-state index contributed by atoms with van der Waals surface area (Å²) in [6.07, 6.45) is 6.37. The Morgan fingerprint density at radius 3 is 2.20 bits per heavy atom. The average Bonchev–Trinajstić information content (AvgIpc) is 2.28. The van der Waals surface area contributed by atoms with Crippen molar-refractivity contribution in [3.63, 3.8) is 0 Å². The zero-order valence-electron chi connectivity index (χ0n) is 10.5. The summed E-state index contributed by atoms with van der Waals surface area (Å²) in [6, 6.07) is 0. The van der Waals surface area contributed by atoms with Crippen LogP contribution in [-0.2, 0) is 14.5 Å². The Labute approximate surface area is 93.0 Å². The first-order chi connectivity index (χ1) is 7.04. The molecule has 1 saturated carbocycles. The lowest BCUT2D eigenvalue weighted by atomic mass is 9.94. The molecule has 3 nitrogen and oxygen atoms in total.